The van der Waals surface area contributed by atoms with Crippen molar-refractivity contribution in [2.24, 2.45) is 5.73 Å². The predicted molar refractivity (Wildman–Crippen MR) is 121 cm³/mol. The summed E-state index contributed by atoms with van der Waals surface area (Å²) >= 11 is 0. The monoisotopic (exact) mass is 453 g/mol. The van der Waals surface area contributed by atoms with Gasteiger partial charge in [0.2, 0.25) is 0 Å². The Bertz CT molecular complexity index is 1200. The minimum absolute atomic E-state index is 0.0647. The third-order valence-electron chi connectivity index (χ3n) is 6.10. The van der Waals surface area contributed by atoms with E-state index in [4.69, 9.17) is 5.73 Å². The Morgan fingerprint density at radius 2 is 1.91 bits per heavy atom. The van der Waals surface area contributed by atoms with Crippen molar-refractivity contribution in [2.75, 3.05) is 28.2 Å². The van der Waals surface area contributed by atoms with Gasteiger partial charge in [-0.25, -0.2) is 9.78 Å². The number of amides is 2. The van der Waals surface area contributed by atoms with Crippen molar-refractivity contribution in [3.63, 3.8) is 0 Å². The van der Waals surface area contributed by atoms with Crippen LogP contribution in [0.1, 0.15) is 17.5 Å². The molecule has 1 unspecified atom stereocenters. The molecule has 2 amide bonds. The summed E-state index contributed by atoms with van der Waals surface area (Å²) in [6, 6.07) is 15.5. The first kappa shape index (κ1) is 21.3. The third-order valence-corrected chi connectivity index (χ3v) is 6.10. The number of hydrogen-bond donors (Lipinski definition) is 2. The lowest BCUT2D eigenvalue weighted by Crippen LogP contribution is -2.48. The molecule has 1 fully saturated rings. The fourth-order valence-corrected chi connectivity index (χ4v) is 4.39. The fraction of sp³-hybridized carbons (Fsp3) is 0.250. The molecule has 1 aromatic heterocycles. The van der Waals surface area contributed by atoms with Crippen LogP contribution in [0.25, 0.3) is 11.3 Å². The SMILES string of the molecule is NCc1ccc(NC(=O)N2c3nc(-c4cccc(C(F)(F)F)c4)ccc3N3CCC2C3)cc1. The minimum Gasteiger partial charge on any atom is -0.366 e. The van der Waals surface area contributed by atoms with Gasteiger partial charge in [0.25, 0.3) is 0 Å². The molecule has 2 aromatic carbocycles. The van der Waals surface area contributed by atoms with Crippen LogP contribution in [0.4, 0.5) is 35.2 Å². The van der Waals surface area contributed by atoms with Crippen molar-refractivity contribution >= 4 is 23.2 Å². The van der Waals surface area contributed by atoms with Crippen molar-refractivity contribution in [3.8, 4) is 11.3 Å². The number of anilines is 3. The Hall–Kier alpha value is -3.59. The molecule has 33 heavy (non-hydrogen) atoms. The summed E-state index contributed by atoms with van der Waals surface area (Å²) in [5.41, 5.74) is 8.01. The van der Waals surface area contributed by atoms with Crippen molar-refractivity contribution in [3.05, 3.63) is 71.8 Å². The van der Waals surface area contributed by atoms with Gasteiger partial charge in [-0.2, -0.15) is 13.2 Å². The molecule has 3 aromatic rings. The first-order chi connectivity index (χ1) is 15.8. The summed E-state index contributed by atoms with van der Waals surface area (Å²) in [4.78, 5) is 21.7. The summed E-state index contributed by atoms with van der Waals surface area (Å²) in [5, 5.41) is 2.91. The number of nitrogens with two attached hydrogens (primary N) is 1. The number of nitrogens with zero attached hydrogens (tertiary/aromatic N) is 3. The Morgan fingerprint density at radius 3 is 2.64 bits per heavy atom. The smallest absolute Gasteiger partial charge is 0.366 e. The van der Waals surface area contributed by atoms with Gasteiger partial charge in [0, 0.05) is 30.9 Å². The molecule has 3 heterocycles. The van der Waals surface area contributed by atoms with E-state index in [1.165, 1.54) is 6.07 Å². The van der Waals surface area contributed by atoms with Gasteiger partial charge in [-0.3, -0.25) is 4.90 Å². The second kappa shape index (κ2) is 8.08. The summed E-state index contributed by atoms with van der Waals surface area (Å²) in [6.07, 6.45) is -3.66. The highest BCUT2D eigenvalue weighted by Gasteiger charge is 2.40. The number of carbonyl (C=O) groups is 1. The van der Waals surface area contributed by atoms with Gasteiger partial charge < -0.3 is 16.0 Å². The molecule has 2 bridgehead atoms. The van der Waals surface area contributed by atoms with E-state index in [9.17, 15) is 18.0 Å². The fourth-order valence-electron chi connectivity index (χ4n) is 4.39. The van der Waals surface area contributed by atoms with Crippen LogP contribution < -0.4 is 20.9 Å². The summed E-state index contributed by atoms with van der Waals surface area (Å²) in [7, 11) is 0. The van der Waals surface area contributed by atoms with Gasteiger partial charge in [-0.15, -0.1) is 0 Å². The number of nitrogens with one attached hydrogen (secondary N) is 1. The number of carbonyl (C=O) groups excluding carboxylic acids is 1. The molecule has 0 aliphatic carbocycles. The molecule has 170 valence electrons. The van der Waals surface area contributed by atoms with Gasteiger partial charge in [0.15, 0.2) is 5.82 Å². The first-order valence-electron chi connectivity index (χ1n) is 10.7. The number of pyridine rings is 1. The molecular formula is C24H22F3N5O. The van der Waals surface area contributed by atoms with E-state index in [0.29, 0.717) is 35.9 Å². The molecule has 0 saturated carbocycles. The van der Waals surface area contributed by atoms with Crippen LogP contribution >= 0.6 is 0 Å². The highest BCUT2D eigenvalue weighted by Crippen LogP contribution is 2.41. The van der Waals surface area contributed by atoms with Crippen LogP contribution in [0, 0.1) is 0 Å². The van der Waals surface area contributed by atoms with E-state index < -0.39 is 11.7 Å². The Labute approximate surface area is 188 Å². The average Bonchev–Trinajstić information content (AvgIpc) is 3.23. The number of hydrogen-bond acceptors (Lipinski definition) is 4. The van der Waals surface area contributed by atoms with Crippen molar-refractivity contribution in [1.29, 1.82) is 0 Å². The van der Waals surface area contributed by atoms with Crippen LogP contribution in [0.15, 0.2) is 60.7 Å². The molecule has 3 N–H and O–H groups in total. The largest absolute Gasteiger partial charge is 0.416 e. The number of alkyl halides is 3. The van der Waals surface area contributed by atoms with Crippen LogP contribution in [0.5, 0.6) is 0 Å². The number of urea groups is 1. The third kappa shape index (κ3) is 4.00. The number of fused-ring (bicyclic) bond motifs is 4. The van der Waals surface area contributed by atoms with Crippen LogP contribution in [-0.4, -0.2) is 30.1 Å². The highest BCUT2D eigenvalue weighted by atomic mass is 19.4. The lowest BCUT2D eigenvalue weighted by Gasteiger charge is -2.36. The topological polar surface area (TPSA) is 74.5 Å². The maximum Gasteiger partial charge on any atom is 0.416 e. The van der Waals surface area contributed by atoms with E-state index in [0.717, 1.165) is 36.3 Å². The van der Waals surface area contributed by atoms with Gasteiger partial charge in [-0.05, 0) is 48.4 Å². The van der Waals surface area contributed by atoms with E-state index in [2.05, 4.69) is 15.2 Å². The second-order valence-electron chi connectivity index (χ2n) is 8.21. The Balaban J connectivity index is 1.50. The molecule has 2 aliphatic rings. The summed E-state index contributed by atoms with van der Waals surface area (Å²) < 4.78 is 39.6. The van der Waals surface area contributed by atoms with Crippen molar-refractivity contribution in [1.82, 2.24) is 4.98 Å². The minimum atomic E-state index is -4.44. The molecule has 0 spiro atoms. The summed E-state index contributed by atoms with van der Waals surface area (Å²) in [6.45, 7) is 1.89. The molecule has 1 atom stereocenters. The molecular weight excluding hydrogens is 431 g/mol. The molecule has 1 saturated heterocycles. The number of benzene rings is 2. The highest BCUT2D eigenvalue weighted by molar-refractivity contribution is 6.04. The number of halogens is 3. The Kier molecular flexibility index (Phi) is 5.20. The van der Waals surface area contributed by atoms with Gasteiger partial charge in [-0.1, -0.05) is 24.3 Å². The maximum atomic E-state index is 13.3. The van der Waals surface area contributed by atoms with E-state index >= 15 is 0 Å². The molecule has 5 rings (SSSR count). The van der Waals surface area contributed by atoms with Gasteiger partial charge >= 0.3 is 12.2 Å². The van der Waals surface area contributed by atoms with E-state index in [-0.39, 0.29) is 12.1 Å². The van der Waals surface area contributed by atoms with Crippen molar-refractivity contribution in [2.45, 2.75) is 25.2 Å². The van der Waals surface area contributed by atoms with Crippen LogP contribution in [-0.2, 0) is 12.7 Å². The van der Waals surface area contributed by atoms with Gasteiger partial charge in [0.05, 0.1) is 23.0 Å². The number of rotatable bonds is 3. The van der Waals surface area contributed by atoms with E-state index in [1.807, 2.05) is 18.2 Å². The zero-order chi connectivity index (χ0) is 23.2. The zero-order valence-electron chi connectivity index (χ0n) is 17.6. The quantitative estimate of drug-likeness (QED) is 0.594. The second-order valence-corrected chi connectivity index (χ2v) is 8.21. The average molecular weight is 453 g/mol. The van der Waals surface area contributed by atoms with E-state index in [1.54, 1.807) is 29.2 Å². The van der Waals surface area contributed by atoms with Gasteiger partial charge in [0.1, 0.15) is 0 Å². The summed E-state index contributed by atoms with van der Waals surface area (Å²) in [5.74, 6) is 0.453. The Morgan fingerprint density at radius 1 is 1.12 bits per heavy atom. The van der Waals surface area contributed by atoms with Crippen LogP contribution in [0.3, 0.4) is 0 Å². The lowest BCUT2D eigenvalue weighted by atomic mass is 10.1. The zero-order valence-corrected chi connectivity index (χ0v) is 17.6. The molecule has 2 aliphatic heterocycles. The predicted octanol–water partition coefficient (Wildman–Crippen LogP) is 4.86. The molecule has 9 heteroatoms. The van der Waals surface area contributed by atoms with Crippen LogP contribution in [0.2, 0.25) is 0 Å². The lowest BCUT2D eigenvalue weighted by molar-refractivity contribution is -0.137. The van der Waals surface area contributed by atoms with Crippen molar-refractivity contribution < 1.29 is 18.0 Å². The maximum absolute atomic E-state index is 13.3. The number of aromatic nitrogens is 1. The standard InChI is InChI=1S/C24H22F3N5O/c25-24(26,27)17-3-1-2-16(12-17)20-8-9-21-22(30-20)32(19-10-11-31(21)14-19)23(33)29-18-6-4-15(13-28)5-7-18/h1-9,12,19H,10-11,13-14,28H2,(H,29,33). The first-order valence-corrected chi connectivity index (χ1v) is 10.7. The molecule has 6 nitrogen and oxygen atoms in total. The normalized spacial score (nSPS) is 17.2. The molecule has 0 radical (unpaired) electrons.